The largest absolute Gasteiger partial charge is 0.573 e. The number of aromatic nitrogens is 1. The zero-order valence-electron chi connectivity index (χ0n) is 21.1. The van der Waals surface area contributed by atoms with Crippen LogP contribution in [0.25, 0.3) is 10.9 Å². The number of aliphatic hydroxyl groups excluding tert-OH is 1. The third-order valence-electron chi connectivity index (χ3n) is 5.78. The molecule has 3 N–H and O–H groups in total. The second-order valence-corrected chi connectivity index (χ2v) is 8.81. The van der Waals surface area contributed by atoms with Crippen molar-refractivity contribution in [3.63, 3.8) is 0 Å². The van der Waals surface area contributed by atoms with E-state index < -0.39 is 29.8 Å². The fourth-order valence-electron chi connectivity index (χ4n) is 4.08. The second kappa shape index (κ2) is 11.9. The van der Waals surface area contributed by atoms with Gasteiger partial charge in [-0.25, -0.2) is 4.39 Å². The lowest BCUT2D eigenvalue weighted by atomic mass is 9.95. The van der Waals surface area contributed by atoms with Crippen LogP contribution in [-0.4, -0.2) is 49.7 Å². The number of ether oxygens (including phenoxy) is 4. The first-order valence-electron chi connectivity index (χ1n) is 11.7. The van der Waals surface area contributed by atoms with Gasteiger partial charge in [0, 0.05) is 63.2 Å². The van der Waals surface area contributed by atoms with Crippen molar-refractivity contribution in [1.82, 2.24) is 4.98 Å². The number of benzene rings is 3. The number of H-pyrrole nitrogens is 1. The molecular weight excluding hydrogens is 560 g/mol. The Bertz CT molecular complexity index is 1530. The number of halogens is 5. The summed E-state index contributed by atoms with van der Waals surface area (Å²) in [5.74, 6) is -1.97. The van der Waals surface area contributed by atoms with Crippen LogP contribution in [0.2, 0.25) is 5.02 Å². The molecule has 1 unspecified atom stereocenters. The summed E-state index contributed by atoms with van der Waals surface area (Å²) in [5.41, 5.74) is 0.754. The molecule has 212 valence electrons. The molecule has 1 heterocycles. The first-order chi connectivity index (χ1) is 19.0. The molecule has 4 rings (SSSR count). The molecule has 0 amide bonds. The van der Waals surface area contributed by atoms with Crippen LogP contribution in [0.3, 0.4) is 0 Å². The minimum atomic E-state index is -5.14. The monoisotopic (exact) mass is 582 g/mol. The molecule has 0 spiro atoms. The van der Waals surface area contributed by atoms with E-state index in [1.807, 2.05) is 0 Å². The predicted molar refractivity (Wildman–Crippen MR) is 139 cm³/mol. The highest BCUT2D eigenvalue weighted by atomic mass is 35.5. The number of ketones is 1. The third kappa shape index (κ3) is 6.52. The van der Waals surface area contributed by atoms with Gasteiger partial charge in [0.2, 0.25) is 0 Å². The second-order valence-electron chi connectivity index (χ2n) is 8.38. The fraction of sp³-hybridized carbons (Fsp3) is 0.222. The van der Waals surface area contributed by atoms with Gasteiger partial charge in [-0.05, 0) is 18.2 Å². The highest BCUT2D eigenvalue weighted by Crippen LogP contribution is 2.37. The van der Waals surface area contributed by atoms with E-state index in [9.17, 15) is 22.4 Å². The van der Waals surface area contributed by atoms with Gasteiger partial charge in [0.05, 0.1) is 20.8 Å². The topological polar surface area (TPSA) is 102 Å². The Balaban J connectivity index is 1.83. The average molecular weight is 583 g/mol. The molecule has 0 aliphatic rings. The van der Waals surface area contributed by atoms with Gasteiger partial charge in [-0.2, -0.15) is 0 Å². The van der Waals surface area contributed by atoms with Crippen LogP contribution in [0.4, 0.5) is 23.2 Å². The standard InChI is InChI=1S/C27H23ClF4N2O6/c1-37-16-8-15(9-17(10-16)39-6-5-35)34-25(18-4-3-14(28)7-23(18)38-2)26(36)20-13-33-22-12-21(29)24(11-19(20)22)40-27(30,31)32/h3-4,7-13,25,33-35H,5-6H2,1-2H3. The number of aliphatic hydroxyl groups is 1. The molecule has 0 fully saturated rings. The van der Waals surface area contributed by atoms with E-state index in [1.54, 1.807) is 30.3 Å². The van der Waals surface area contributed by atoms with Crippen LogP contribution in [-0.2, 0) is 0 Å². The molecule has 0 aliphatic heterocycles. The van der Waals surface area contributed by atoms with Gasteiger partial charge in [-0.15, -0.1) is 13.2 Å². The Hall–Kier alpha value is -4.16. The summed E-state index contributed by atoms with van der Waals surface area (Å²) in [7, 11) is 2.82. The maximum atomic E-state index is 14.3. The Labute approximate surface area is 230 Å². The van der Waals surface area contributed by atoms with Gasteiger partial charge in [0.25, 0.3) is 0 Å². The van der Waals surface area contributed by atoms with Crippen LogP contribution in [0.5, 0.6) is 23.0 Å². The van der Waals surface area contributed by atoms with E-state index in [1.165, 1.54) is 26.5 Å². The average Bonchev–Trinajstić information content (AvgIpc) is 3.31. The number of alkyl halides is 3. The van der Waals surface area contributed by atoms with Crippen LogP contribution >= 0.6 is 11.6 Å². The fourth-order valence-corrected chi connectivity index (χ4v) is 4.24. The third-order valence-corrected chi connectivity index (χ3v) is 6.02. The summed E-state index contributed by atoms with van der Waals surface area (Å²) in [6, 6.07) is 9.79. The summed E-state index contributed by atoms with van der Waals surface area (Å²) in [6.45, 7) is -0.224. The molecule has 0 saturated heterocycles. The van der Waals surface area contributed by atoms with Crippen molar-refractivity contribution in [2.24, 2.45) is 0 Å². The van der Waals surface area contributed by atoms with Crippen molar-refractivity contribution in [2.45, 2.75) is 12.4 Å². The Kier molecular flexibility index (Phi) is 8.60. The SMILES string of the molecule is COc1cc(NC(C(=O)c2c[nH]c3cc(F)c(OC(F)(F)F)cc23)c2ccc(Cl)cc2OC)cc(OCCO)c1. The number of aromatic amines is 1. The van der Waals surface area contributed by atoms with Crippen LogP contribution in [0, 0.1) is 5.82 Å². The smallest absolute Gasteiger partial charge is 0.497 e. The van der Waals surface area contributed by atoms with Gasteiger partial charge in [0.15, 0.2) is 17.3 Å². The molecule has 13 heteroatoms. The molecular formula is C27H23ClF4N2O6. The van der Waals surface area contributed by atoms with E-state index >= 15 is 0 Å². The first kappa shape index (κ1) is 28.8. The summed E-state index contributed by atoms with van der Waals surface area (Å²) in [6.07, 6.45) is -3.87. The van der Waals surface area contributed by atoms with E-state index in [4.69, 9.17) is 30.9 Å². The highest BCUT2D eigenvalue weighted by Gasteiger charge is 2.33. The molecule has 0 saturated carbocycles. The lowest BCUT2D eigenvalue weighted by Gasteiger charge is -2.22. The molecule has 1 aromatic heterocycles. The number of rotatable bonds is 11. The molecule has 4 aromatic rings. The van der Waals surface area contributed by atoms with Crippen LogP contribution in [0.1, 0.15) is 22.0 Å². The summed E-state index contributed by atoms with van der Waals surface area (Å²) in [5, 5.41) is 12.6. The Morgan fingerprint density at radius 3 is 2.48 bits per heavy atom. The quantitative estimate of drug-likeness (QED) is 0.141. The molecule has 0 bridgehead atoms. The van der Waals surface area contributed by atoms with E-state index in [0.29, 0.717) is 27.8 Å². The predicted octanol–water partition coefficient (Wildman–Crippen LogP) is 6.28. The van der Waals surface area contributed by atoms with E-state index in [0.717, 1.165) is 12.1 Å². The van der Waals surface area contributed by atoms with Crippen molar-refractivity contribution in [3.05, 3.63) is 76.7 Å². The number of Topliss-reactive ketones (excluding diaryl/α,β-unsaturated/α-hetero) is 1. The van der Waals surface area contributed by atoms with E-state index in [2.05, 4.69) is 15.0 Å². The normalized spacial score (nSPS) is 12.2. The van der Waals surface area contributed by atoms with Crippen LogP contribution < -0.4 is 24.3 Å². The molecule has 8 nitrogen and oxygen atoms in total. The molecule has 40 heavy (non-hydrogen) atoms. The zero-order chi connectivity index (χ0) is 29.0. The number of anilines is 1. The zero-order valence-corrected chi connectivity index (χ0v) is 21.8. The maximum Gasteiger partial charge on any atom is 0.573 e. The van der Waals surface area contributed by atoms with Crippen molar-refractivity contribution in [3.8, 4) is 23.0 Å². The highest BCUT2D eigenvalue weighted by molar-refractivity contribution is 6.30. The summed E-state index contributed by atoms with van der Waals surface area (Å²) >= 11 is 6.13. The molecule has 0 aliphatic carbocycles. The van der Waals surface area contributed by atoms with E-state index in [-0.39, 0.29) is 35.4 Å². The van der Waals surface area contributed by atoms with Crippen molar-refractivity contribution < 1.29 is 46.4 Å². The number of carbonyl (C=O) groups is 1. The molecule has 1 atom stereocenters. The van der Waals surface area contributed by atoms with Gasteiger partial charge in [0.1, 0.15) is 29.9 Å². The first-order valence-corrected chi connectivity index (χ1v) is 12.0. The minimum Gasteiger partial charge on any atom is -0.497 e. The van der Waals surface area contributed by atoms with Gasteiger partial charge >= 0.3 is 6.36 Å². The van der Waals surface area contributed by atoms with Crippen molar-refractivity contribution in [2.75, 3.05) is 32.8 Å². The van der Waals surface area contributed by atoms with Gasteiger partial charge in [-0.1, -0.05) is 17.7 Å². The lowest BCUT2D eigenvalue weighted by Crippen LogP contribution is -2.22. The molecule has 0 radical (unpaired) electrons. The number of fused-ring (bicyclic) bond motifs is 1. The van der Waals surface area contributed by atoms with Crippen LogP contribution in [0.15, 0.2) is 54.7 Å². The number of hydrogen-bond acceptors (Lipinski definition) is 7. The number of hydrogen-bond donors (Lipinski definition) is 3. The summed E-state index contributed by atoms with van der Waals surface area (Å²) in [4.78, 5) is 16.8. The van der Waals surface area contributed by atoms with Crippen molar-refractivity contribution in [1.29, 1.82) is 0 Å². The number of nitrogens with one attached hydrogen (secondary N) is 2. The van der Waals surface area contributed by atoms with Gasteiger partial charge in [-0.3, -0.25) is 4.79 Å². The molecule has 3 aromatic carbocycles. The summed E-state index contributed by atoms with van der Waals surface area (Å²) < 4.78 is 72.9. The number of methoxy groups -OCH3 is 2. The van der Waals surface area contributed by atoms with Crippen molar-refractivity contribution >= 4 is 34.0 Å². The van der Waals surface area contributed by atoms with Gasteiger partial charge < -0.3 is 34.4 Å². The Morgan fingerprint density at radius 2 is 1.80 bits per heavy atom. The maximum absolute atomic E-state index is 14.3. The minimum absolute atomic E-state index is 0.00277. The number of carbonyl (C=O) groups excluding carboxylic acids is 1. The lowest BCUT2D eigenvalue weighted by molar-refractivity contribution is -0.275. The Morgan fingerprint density at radius 1 is 1.05 bits per heavy atom.